The average molecular weight is 314 g/mol. The number of benzene rings is 2. The molecule has 0 amide bonds. The molecule has 0 bridgehead atoms. The second kappa shape index (κ2) is 5.90. The summed E-state index contributed by atoms with van der Waals surface area (Å²) < 4.78 is 13.1. The van der Waals surface area contributed by atoms with E-state index in [0.717, 1.165) is 11.1 Å². The number of phenolic OH excluding ortho intramolecular Hbond substituents is 1. The Kier molecular flexibility index (Phi) is 4.41. The number of halogens is 3. The Morgan fingerprint density at radius 1 is 1.15 bits per heavy atom. The fourth-order valence-electron chi connectivity index (χ4n) is 2.00. The van der Waals surface area contributed by atoms with Gasteiger partial charge < -0.3 is 10.4 Å². The molecule has 2 aromatic rings. The number of phenols is 1. The van der Waals surface area contributed by atoms with E-state index < -0.39 is 5.82 Å². The van der Waals surface area contributed by atoms with E-state index in [-0.39, 0.29) is 21.8 Å². The van der Waals surface area contributed by atoms with E-state index in [1.165, 1.54) is 12.1 Å². The number of nitrogens with one attached hydrogen (secondary N) is 1. The van der Waals surface area contributed by atoms with Gasteiger partial charge in [0.2, 0.25) is 0 Å². The van der Waals surface area contributed by atoms with Crippen molar-refractivity contribution >= 4 is 28.9 Å². The number of aryl methyl sites for hydroxylation is 1. The number of hydrogen-bond donors (Lipinski definition) is 2. The van der Waals surface area contributed by atoms with Gasteiger partial charge in [-0.05, 0) is 32.0 Å². The van der Waals surface area contributed by atoms with Crippen LogP contribution in [0.2, 0.25) is 10.0 Å². The maximum absolute atomic E-state index is 13.1. The molecule has 0 heterocycles. The zero-order valence-electron chi connectivity index (χ0n) is 11.0. The van der Waals surface area contributed by atoms with E-state index in [4.69, 9.17) is 23.2 Å². The van der Waals surface area contributed by atoms with E-state index in [0.29, 0.717) is 5.69 Å². The fraction of sp³-hybridized carbons (Fsp3) is 0.200. The Labute approximate surface area is 127 Å². The minimum atomic E-state index is -0.489. The third kappa shape index (κ3) is 3.17. The van der Waals surface area contributed by atoms with Crippen molar-refractivity contribution < 1.29 is 9.50 Å². The van der Waals surface area contributed by atoms with Gasteiger partial charge in [-0.3, -0.25) is 0 Å². The van der Waals surface area contributed by atoms with E-state index in [1.807, 2.05) is 26.0 Å². The smallest absolute Gasteiger partial charge is 0.126 e. The van der Waals surface area contributed by atoms with Crippen LogP contribution < -0.4 is 5.32 Å². The van der Waals surface area contributed by atoms with Crippen molar-refractivity contribution in [2.75, 3.05) is 5.32 Å². The summed E-state index contributed by atoms with van der Waals surface area (Å²) in [4.78, 5) is 0. The second-order valence-corrected chi connectivity index (χ2v) is 5.49. The predicted molar refractivity (Wildman–Crippen MR) is 81.3 cm³/mol. The van der Waals surface area contributed by atoms with Gasteiger partial charge in [-0.25, -0.2) is 4.39 Å². The lowest BCUT2D eigenvalue weighted by Gasteiger charge is -2.19. The molecule has 0 aliphatic heterocycles. The van der Waals surface area contributed by atoms with Crippen LogP contribution in [0, 0.1) is 12.7 Å². The summed E-state index contributed by atoms with van der Waals surface area (Å²) in [5.74, 6) is -0.304. The Morgan fingerprint density at radius 2 is 1.75 bits per heavy atom. The average Bonchev–Trinajstić information content (AvgIpc) is 2.36. The number of rotatable bonds is 3. The van der Waals surface area contributed by atoms with Gasteiger partial charge >= 0.3 is 0 Å². The summed E-state index contributed by atoms with van der Waals surface area (Å²) in [6, 6.07) is 7.49. The van der Waals surface area contributed by atoms with E-state index in [1.54, 1.807) is 6.07 Å². The van der Waals surface area contributed by atoms with Gasteiger partial charge in [-0.15, -0.1) is 0 Å². The summed E-state index contributed by atoms with van der Waals surface area (Å²) in [5.41, 5.74) is 2.20. The molecule has 0 fully saturated rings. The van der Waals surface area contributed by atoms with Crippen LogP contribution in [0.15, 0.2) is 30.3 Å². The Morgan fingerprint density at radius 3 is 2.35 bits per heavy atom. The van der Waals surface area contributed by atoms with E-state index in [2.05, 4.69) is 5.32 Å². The third-order valence-corrected chi connectivity index (χ3v) is 3.61. The van der Waals surface area contributed by atoms with Gasteiger partial charge in [-0.2, -0.15) is 0 Å². The highest BCUT2D eigenvalue weighted by molar-refractivity contribution is 6.39. The molecule has 2 N–H and O–H groups in total. The second-order valence-electron chi connectivity index (χ2n) is 4.67. The zero-order valence-corrected chi connectivity index (χ0v) is 12.6. The van der Waals surface area contributed by atoms with Crippen molar-refractivity contribution in [2.45, 2.75) is 19.9 Å². The molecule has 0 spiro atoms. The molecule has 2 rings (SSSR count). The van der Waals surface area contributed by atoms with Gasteiger partial charge in [0.25, 0.3) is 0 Å². The maximum atomic E-state index is 13.1. The highest BCUT2D eigenvalue weighted by Crippen LogP contribution is 2.35. The molecular weight excluding hydrogens is 300 g/mol. The molecule has 2 aromatic carbocycles. The summed E-state index contributed by atoms with van der Waals surface area (Å²) >= 11 is 12.0. The topological polar surface area (TPSA) is 32.3 Å². The number of aromatic hydroxyl groups is 1. The minimum absolute atomic E-state index is 0.185. The van der Waals surface area contributed by atoms with Crippen LogP contribution in [-0.2, 0) is 0 Å². The van der Waals surface area contributed by atoms with Crippen LogP contribution in [0.25, 0.3) is 0 Å². The molecular formula is C15H14Cl2FNO. The van der Waals surface area contributed by atoms with Crippen LogP contribution in [0.4, 0.5) is 10.1 Å². The molecule has 1 unspecified atom stereocenters. The van der Waals surface area contributed by atoms with Crippen molar-refractivity contribution in [1.82, 2.24) is 0 Å². The van der Waals surface area contributed by atoms with Crippen LogP contribution in [0.1, 0.15) is 24.1 Å². The predicted octanol–water partition coefficient (Wildman–Crippen LogP) is 5.32. The fourth-order valence-corrected chi connectivity index (χ4v) is 2.56. The lowest BCUT2D eigenvalue weighted by molar-refractivity contribution is 0.465. The molecule has 5 heteroatoms. The minimum Gasteiger partial charge on any atom is -0.508 e. The molecule has 0 aliphatic carbocycles. The summed E-state index contributed by atoms with van der Waals surface area (Å²) in [7, 11) is 0. The largest absolute Gasteiger partial charge is 0.508 e. The van der Waals surface area contributed by atoms with Gasteiger partial charge in [0.05, 0.1) is 21.8 Å². The van der Waals surface area contributed by atoms with Crippen LogP contribution in [-0.4, -0.2) is 5.11 Å². The van der Waals surface area contributed by atoms with Crippen LogP contribution in [0.3, 0.4) is 0 Å². The monoisotopic (exact) mass is 313 g/mol. The van der Waals surface area contributed by atoms with Crippen molar-refractivity contribution in [1.29, 1.82) is 0 Å². The van der Waals surface area contributed by atoms with Gasteiger partial charge in [0.15, 0.2) is 0 Å². The van der Waals surface area contributed by atoms with Gasteiger partial charge in [0.1, 0.15) is 11.6 Å². The maximum Gasteiger partial charge on any atom is 0.126 e. The summed E-state index contributed by atoms with van der Waals surface area (Å²) in [6.07, 6.45) is 0. The quantitative estimate of drug-likeness (QED) is 0.803. The van der Waals surface area contributed by atoms with Crippen molar-refractivity contribution in [3.05, 3.63) is 57.3 Å². The van der Waals surface area contributed by atoms with E-state index in [9.17, 15) is 9.50 Å². The molecule has 0 radical (unpaired) electrons. The van der Waals surface area contributed by atoms with Gasteiger partial charge in [-0.1, -0.05) is 40.9 Å². The molecule has 106 valence electrons. The molecule has 0 saturated heterocycles. The zero-order chi connectivity index (χ0) is 14.9. The Balaban J connectivity index is 2.32. The summed E-state index contributed by atoms with van der Waals surface area (Å²) in [6.45, 7) is 3.80. The molecule has 20 heavy (non-hydrogen) atoms. The van der Waals surface area contributed by atoms with Crippen LogP contribution in [0.5, 0.6) is 5.75 Å². The molecule has 0 aromatic heterocycles. The van der Waals surface area contributed by atoms with Crippen molar-refractivity contribution in [3.63, 3.8) is 0 Å². The Bertz CT molecular complexity index is 623. The first-order valence-corrected chi connectivity index (χ1v) is 6.84. The standard InChI is InChI=1S/C15H14Cl2FNO/c1-8-3-4-14(20)11(5-8)9(2)19-15-12(16)6-10(18)7-13(15)17/h3-7,9,19-20H,1-2H3. The molecule has 0 saturated carbocycles. The molecule has 0 aliphatic rings. The van der Waals surface area contributed by atoms with Crippen molar-refractivity contribution in [2.24, 2.45) is 0 Å². The molecule has 2 nitrogen and oxygen atoms in total. The summed E-state index contributed by atoms with van der Waals surface area (Å²) in [5, 5.41) is 13.4. The lowest BCUT2D eigenvalue weighted by atomic mass is 10.0. The lowest BCUT2D eigenvalue weighted by Crippen LogP contribution is -2.08. The van der Waals surface area contributed by atoms with Crippen LogP contribution >= 0.6 is 23.2 Å². The third-order valence-electron chi connectivity index (χ3n) is 3.02. The number of anilines is 1. The highest BCUT2D eigenvalue weighted by atomic mass is 35.5. The number of hydrogen-bond acceptors (Lipinski definition) is 2. The van der Waals surface area contributed by atoms with Crippen molar-refractivity contribution in [3.8, 4) is 5.75 Å². The first-order chi connectivity index (χ1) is 9.38. The Hall–Kier alpha value is -1.45. The first kappa shape index (κ1) is 14.9. The van der Waals surface area contributed by atoms with E-state index >= 15 is 0 Å². The highest BCUT2D eigenvalue weighted by Gasteiger charge is 2.15. The SMILES string of the molecule is Cc1ccc(O)c(C(C)Nc2c(Cl)cc(F)cc2Cl)c1. The first-order valence-electron chi connectivity index (χ1n) is 6.09. The van der Waals surface area contributed by atoms with Gasteiger partial charge in [0, 0.05) is 5.56 Å². The normalized spacial score (nSPS) is 12.2. The molecule has 1 atom stereocenters.